The van der Waals surface area contributed by atoms with Gasteiger partial charge in [-0.1, -0.05) is 19.1 Å². The number of nitrogens with one attached hydrogen (secondary N) is 1. The second-order valence-corrected chi connectivity index (χ2v) is 11.2. The third kappa shape index (κ3) is 4.04. The smallest absolute Gasteiger partial charge is 0.263 e. The van der Waals surface area contributed by atoms with Crippen molar-refractivity contribution in [3.05, 3.63) is 65.4 Å². The van der Waals surface area contributed by atoms with Crippen LogP contribution in [0.1, 0.15) is 38.4 Å². The van der Waals surface area contributed by atoms with Gasteiger partial charge < -0.3 is 4.74 Å². The molecule has 0 bridgehead atoms. The van der Waals surface area contributed by atoms with Crippen LogP contribution in [0.15, 0.2) is 64.0 Å². The predicted octanol–water partition coefficient (Wildman–Crippen LogP) is 4.52. The fraction of sp³-hybridized carbons (Fsp3) is 0.360. The molecule has 1 aromatic carbocycles. The molecule has 7 nitrogen and oxygen atoms in total. The number of aryl methyl sites for hydroxylation is 2. The highest BCUT2D eigenvalue weighted by atomic mass is 32.2. The third-order valence-corrected chi connectivity index (χ3v) is 7.65. The molecule has 1 aliphatic carbocycles. The molecule has 1 N–H and O–H groups in total. The van der Waals surface area contributed by atoms with E-state index in [0.29, 0.717) is 11.5 Å². The lowest BCUT2D eigenvalue weighted by molar-refractivity contribution is 0.0845. The Balaban J connectivity index is 1.50. The number of hydrogen-bond acceptors (Lipinski definition) is 5. The Labute approximate surface area is 194 Å². The van der Waals surface area contributed by atoms with Gasteiger partial charge >= 0.3 is 0 Å². The minimum Gasteiger partial charge on any atom is -0.488 e. The lowest BCUT2D eigenvalue weighted by atomic mass is 9.87. The number of benzene rings is 1. The number of aromatic nitrogens is 2. The van der Waals surface area contributed by atoms with Gasteiger partial charge in [-0.3, -0.25) is 9.71 Å². The summed E-state index contributed by atoms with van der Waals surface area (Å²) in [6.07, 6.45) is 11.4. The van der Waals surface area contributed by atoms with E-state index in [1.807, 2.05) is 39.0 Å². The van der Waals surface area contributed by atoms with E-state index in [1.54, 1.807) is 35.2 Å². The summed E-state index contributed by atoms with van der Waals surface area (Å²) in [5.74, 6) is 1.39. The Morgan fingerprint density at radius 3 is 2.85 bits per heavy atom. The Kier molecular flexibility index (Phi) is 5.08. The van der Waals surface area contributed by atoms with Crippen LogP contribution in [0, 0.1) is 12.8 Å². The van der Waals surface area contributed by atoms with Crippen molar-refractivity contribution < 1.29 is 13.2 Å². The minimum atomic E-state index is -3.82. The van der Waals surface area contributed by atoms with Crippen molar-refractivity contribution in [1.82, 2.24) is 9.78 Å². The molecule has 2 aromatic rings. The van der Waals surface area contributed by atoms with E-state index in [0.717, 1.165) is 35.4 Å². The fourth-order valence-corrected chi connectivity index (χ4v) is 5.60. The van der Waals surface area contributed by atoms with E-state index < -0.39 is 10.0 Å². The first-order chi connectivity index (χ1) is 15.6. The number of anilines is 1. The van der Waals surface area contributed by atoms with E-state index in [4.69, 9.17) is 4.74 Å². The molecule has 3 heterocycles. The van der Waals surface area contributed by atoms with Crippen LogP contribution < -0.4 is 9.46 Å². The molecule has 0 saturated carbocycles. The van der Waals surface area contributed by atoms with Crippen LogP contribution in [0.5, 0.6) is 5.75 Å². The predicted molar refractivity (Wildman–Crippen MR) is 130 cm³/mol. The zero-order valence-corrected chi connectivity index (χ0v) is 20.1. The van der Waals surface area contributed by atoms with E-state index in [9.17, 15) is 8.42 Å². The van der Waals surface area contributed by atoms with Crippen LogP contribution in [0.4, 0.5) is 5.82 Å². The maximum Gasteiger partial charge on any atom is 0.263 e. The average molecular weight is 465 g/mol. The zero-order valence-electron chi connectivity index (χ0n) is 19.2. The maximum atomic E-state index is 13.3. The summed E-state index contributed by atoms with van der Waals surface area (Å²) in [4.78, 5) is 4.81. The first-order valence-corrected chi connectivity index (χ1v) is 12.7. The van der Waals surface area contributed by atoms with E-state index >= 15 is 0 Å². The number of dihydropyridines is 1. The fourth-order valence-electron chi connectivity index (χ4n) is 4.52. The van der Waals surface area contributed by atoms with Crippen molar-refractivity contribution in [2.24, 2.45) is 10.9 Å². The monoisotopic (exact) mass is 464 g/mol. The highest BCUT2D eigenvalue weighted by Gasteiger charge is 2.30. The Morgan fingerprint density at radius 1 is 1.21 bits per heavy atom. The van der Waals surface area contributed by atoms with Crippen LogP contribution in [0.2, 0.25) is 0 Å². The van der Waals surface area contributed by atoms with Gasteiger partial charge in [0.2, 0.25) is 0 Å². The van der Waals surface area contributed by atoms with Crippen molar-refractivity contribution in [2.45, 2.75) is 57.1 Å². The Hall–Kier alpha value is -3.13. The van der Waals surface area contributed by atoms with Gasteiger partial charge in [-0.2, -0.15) is 5.10 Å². The van der Waals surface area contributed by atoms with Crippen molar-refractivity contribution >= 4 is 27.8 Å². The summed E-state index contributed by atoms with van der Waals surface area (Å²) in [6.45, 7) is 8.05. The molecule has 2 unspecified atom stereocenters. The number of aliphatic imine (C=N–C) groups is 1. The number of hydrogen-bond donors (Lipinski definition) is 1. The highest BCUT2D eigenvalue weighted by molar-refractivity contribution is 7.92. The number of rotatable bonds is 4. The molecule has 1 aromatic heterocycles. The van der Waals surface area contributed by atoms with Crippen molar-refractivity contribution in [3.63, 3.8) is 0 Å². The second-order valence-electron chi connectivity index (χ2n) is 9.48. The van der Waals surface area contributed by atoms with Crippen LogP contribution >= 0.6 is 0 Å². The number of sulfonamides is 1. The molecule has 0 saturated heterocycles. The van der Waals surface area contributed by atoms with Crippen LogP contribution in [0.3, 0.4) is 0 Å². The molecule has 172 valence electrons. The Morgan fingerprint density at radius 2 is 2.03 bits per heavy atom. The summed E-state index contributed by atoms with van der Waals surface area (Å²) >= 11 is 0. The molecule has 2 atom stereocenters. The summed E-state index contributed by atoms with van der Waals surface area (Å²) < 4.78 is 37.1. The number of nitrogens with zero attached hydrogens (tertiary/aromatic N) is 3. The molecule has 3 aliphatic rings. The highest BCUT2D eigenvalue weighted by Crippen LogP contribution is 2.36. The van der Waals surface area contributed by atoms with Gasteiger partial charge in [0.25, 0.3) is 10.0 Å². The average Bonchev–Trinajstić information content (AvgIpc) is 3.12. The molecule has 33 heavy (non-hydrogen) atoms. The van der Waals surface area contributed by atoms with E-state index in [1.165, 1.54) is 0 Å². The lowest BCUT2D eigenvalue weighted by Gasteiger charge is -2.32. The molecule has 5 rings (SSSR count). The van der Waals surface area contributed by atoms with Gasteiger partial charge in [0.05, 0.1) is 22.3 Å². The van der Waals surface area contributed by atoms with Gasteiger partial charge in [-0.15, -0.1) is 0 Å². The Bertz CT molecular complexity index is 1350. The van der Waals surface area contributed by atoms with Gasteiger partial charge in [0.15, 0.2) is 0 Å². The molecule has 0 radical (unpaired) electrons. The molecule has 0 spiro atoms. The first-order valence-electron chi connectivity index (χ1n) is 11.2. The molecule has 2 aliphatic heterocycles. The molecular formula is C25H28N4O3S. The largest absolute Gasteiger partial charge is 0.488 e. The summed E-state index contributed by atoms with van der Waals surface area (Å²) in [5.41, 5.74) is 3.21. The van der Waals surface area contributed by atoms with Crippen LogP contribution in [-0.2, 0) is 16.4 Å². The second kappa shape index (κ2) is 7.73. The maximum absolute atomic E-state index is 13.3. The SMILES string of the molecule is Cc1cc(NS(=O)(=O)c2ccc3c(c2)CCC(C)(C)O3)n(C2=C3C=CC=NC3C(C)C=C2)n1. The topological polar surface area (TPSA) is 85.6 Å². The van der Waals surface area contributed by atoms with E-state index in [2.05, 4.69) is 27.8 Å². The molecule has 0 amide bonds. The number of fused-ring (bicyclic) bond motifs is 2. The number of allylic oxidation sites excluding steroid dienone is 3. The third-order valence-electron chi connectivity index (χ3n) is 6.30. The molecule has 0 fully saturated rings. The van der Waals surface area contributed by atoms with Crippen molar-refractivity contribution in [1.29, 1.82) is 0 Å². The van der Waals surface area contributed by atoms with Crippen molar-refractivity contribution in [2.75, 3.05) is 4.72 Å². The van der Waals surface area contributed by atoms with Crippen LogP contribution in [-0.4, -0.2) is 36.1 Å². The standard InChI is InChI=1S/C25H28N4O3S/c1-16-7-9-21(20-6-5-13-26-24(16)20)29-23(14-17(2)27-29)28-33(30,31)19-8-10-22-18(15-19)11-12-25(3,4)32-22/h5-10,13-16,24,28H,11-12H2,1-4H3. The van der Waals surface area contributed by atoms with Gasteiger partial charge in [-0.05, 0) is 69.5 Å². The molecule has 8 heteroatoms. The van der Waals surface area contributed by atoms with E-state index in [-0.39, 0.29) is 22.5 Å². The normalized spacial score (nSPS) is 23.2. The summed E-state index contributed by atoms with van der Waals surface area (Å²) in [7, 11) is -3.82. The molecular weight excluding hydrogens is 436 g/mol. The van der Waals surface area contributed by atoms with Gasteiger partial charge in [0.1, 0.15) is 17.2 Å². The number of ether oxygens (including phenoxy) is 1. The zero-order chi connectivity index (χ0) is 23.4. The minimum absolute atomic E-state index is 0.00569. The van der Waals surface area contributed by atoms with Gasteiger partial charge in [-0.25, -0.2) is 13.1 Å². The van der Waals surface area contributed by atoms with Gasteiger partial charge in [0, 0.05) is 23.8 Å². The first kappa shape index (κ1) is 21.7. The quantitative estimate of drug-likeness (QED) is 0.721. The van der Waals surface area contributed by atoms with Crippen LogP contribution in [0.25, 0.3) is 5.70 Å². The summed E-state index contributed by atoms with van der Waals surface area (Å²) in [6, 6.07) is 6.78. The lowest BCUT2D eigenvalue weighted by Crippen LogP contribution is -2.32. The summed E-state index contributed by atoms with van der Waals surface area (Å²) in [5, 5.41) is 4.59. The van der Waals surface area contributed by atoms with Crippen molar-refractivity contribution in [3.8, 4) is 5.75 Å².